The molecular formula is C9H11BrN2O3S. The Kier molecular flexibility index (Phi) is 4.06. The number of hydrogen-bond acceptors (Lipinski definition) is 4. The van der Waals surface area contributed by atoms with Gasteiger partial charge in [0.1, 0.15) is 5.25 Å². The number of rotatable bonds is 3. The summed E-state index contributed by atoms with van der Waals surface area (Å²) in [5.41, 5.74) is 1.82. The normalized spacial score (nSPS) is 13.2. The maximum absolute atomic E-state index is 11.9. The molecule has 0 aromatic heterocycles. The van der Waals surface area contributed by atoms with Gasteiger partial charge in [0.15, 0.2) is 9.84 Å². The third-order valence-electron chi connectivity index (χ3n) is 2.12. The first kappa shape index (κ1) is 13.1. The highest BCUT2D eigenvalue weighted by molar-refractivity contribution is 9.10. The zero-order valence-electron chi connectivity index (χ0n) is 8.48. The number of nitrogens with one attached hydrogen (secondary N) is 1. The highest BCUT2D eigenvalue weighted by Gasteiger charge is 2.28. The second kappa shape index (κ2) is 4.94. The number of carbonyl (C=O) groups is 1. The van der Waals surface area contributed by atoms with Crippen LogP contribution in [0.25, 0.3) is 0 Å². The summed E-state index contributed by atoms with van der Waals surface area (Å²) in [5, 5.41) is -1.21. The fourth-order valence-electron chi connectivity index (χ4n) is 1.09. The minimum atomic E-state index is -3.68. The molecule has 0 aliphatic rings. The van der Waals surface area contributed by atoms with E-state index >= 15 is 0 Å². The quantitative estimate of drug-likeness (QED) is 0.486. The molecule has 0 saturated carbocycles. The van der Waals surface area contributed by atoms with Gasteiger partial charge in [-0.05, 0) is 31.2 Å². The number of halogens is 1. The van der Waals surface area contributed by atoms with Crippen LogP contribution in [-0.2, 0) is 14.6 Å². The van der Waals surface area contributed by atoms with E-state index in [1.165, 1.54) is 19.1 Å². The Balaban J connectivity index is 3.12. The molecular weight excluding hydrogens is 296 g/mol. The average molecular weight is 307 g/mol. The molecule has 0 saturated heterocycles. The third-order valence-corrected chi connectivity index (χ3v) is 4.72. The first-order valence-corrected chi connectivity index (χ1v) is 6.73. The van der Waals surface area contributed by atoms with Crippen LogP contribution in [0.3, 0.4) is 0 Å². The predicted molar refractivity (Wildman–Crippen MR) is 63.1 cm³/mol. The number of hydrogen-bond donors (Lipinski definition) is 2. The van der Waals surface area contributed by atoms with Crippen LogP contribution < -0.4 is 11.3 Å². The van der Waals surface area contributed by atoms with E-state index in [4.69, 9.17) is 5.84 Å². The molecule has 1 amide bonds. The number of amides is 1. The molecule has 0 aliphatic heterocycles. The van der Waals surface area contributed by atoms with Crippen LogP contribution >= 0.6 is 15.9 Å². The van der Waals surface area contributed by atoms with Crippen LogP contribution in [-0.4, -0.2) is 19.6 Å². The maximum Gasteiger partial charge on any atom is 0.252 e. The zero-order chi connectivity index (χ0) is 12.3. The molecule has 0 heterocycles. The van der Waals surface area contributed by atoms with Crippen LogP contribution in [0.2, 0.25) is 0 Å². The molecule has 16 heavy (non-hydrogen) atoms. The fourth-order valence-corrected chi connectivity index (χ4v) is 2.62. The van der Waals surface area contributed by atoms with Gasteiger partial charge in [0.25, 0.3) is 5.91 Å². The summed E-state index contributed by atoms with van der Waals surface area (Å²) in [5.74, 6) is 4.17. The van der Waals surface area contributed by atoms with Gasteiger partial charge in [-0.3, -0.25) is 10.2 Å². The van der Waals surface area contributed by atoms with E-state index in [0.717, 1.165) is 4.47 Å². The molecule has 5 nitrogen and oxygen atoms in total. The van der Waals surface area contributed by atoms with Gasteiger partial charge < -0.3 is 0 Å². The summed E-state index contributed by atoms with van der Waals surface area (Å²) >= 11 is 3.20. The van der Waals surface area contributed by atoms with Crippen molar-refractivity contribution in [1.82, 2.24) is 5.43 Å². The van der Waals surface area contributed by atoms with Gasteiger partial charge in [-0.1, -0.05) is 15.9 Å². The monoisotopic (exact) mass is 306 g/mol. The van der Waals surface area contributed by atoms with Crippen molar-refractivity contribution in [1.29, 1.82) is 0 Å². The molecule has 1 atom stereocenters. The van der Waals surface area contributed by atoms with Crippen LogP contribution in [0, 0.1) is 0 Å². The number of benzene rings is 1. The van der Waals surface area contributed by atoms with E-state index in [-0.39, 0.29) is 4.90 Å². The molecule has 1 aromatic carbocycles. The van der Waals surface area contributed by atoms with Crippen molar-refractivity contribution in [2.24, 2.45) is 5.84 Å². The molecule has 88 valence electrons. The second-order valence-corrected chi connectivity index (χ2v) is 6.33. The van der Waals surface area contributed by atoms with Crippen molar-refractivity contribution in [2.45, 2.75) is 17.1 Å². The van der Waals surface area contributed by atoms with Gasteiger partial charge in [0, 0.05) is 4.47 Å². The molecule has 0 aliphatic carbocycles. The Bertz CT molecular complexity index is 484. The van der Waals surface area contributed by atoms with Gasteiger partial charge >= 0.3 is 0 Å². The number of hydrazine groups is 1. The van der Waals surface area contributed by atoms with E-state index in [2.05, 4.69) is 15.9 Å². The Labute approximate surface area is 102 Å². The first-order valence-electron chi connectivity index (χ1n) is 4.39. The Morgan fingerprint density at radius 1 is 1.38 bits per heavy atom. The van der Waals surface area contributed by atoms with Crippen LogP contribution in [0.5, 0.6) is 0 Å². The van der Waals surface area contributed by atoms with Crippen molar-refractivity contribution in [3.05, 3.63) is 28.7 Å². The second-order valence-electron chi connectivity index (χ2n) is 3.15. The van der Waals surface area contributed by atoms with Gasteiger partial charge in [-0.2, -0.15) is 0 Å². The molecule has 7 heteroatoms. The predicted octanol–water partition coefficient (Wildman–Crippen LogP) is 0.601. The number of sulfone groups is 1. The summed E-state index contributed by atoms with van der Waals surface area (Å²) in [6.45, 7) is 1.29. The molecule has 0 fully saturated rings. The smallest absolute Gasteiger partial charge is 0.252 e. The van der Waals surface area contributed by atoms with Crippen molar-refractivity contribution in [2.75, 3.05) is 0 Å². The SMILES string of the molecule is C[C@@H](C(=O)NN)S(=O)(=O)c1ccc(Br)cc1. The Morgan fingerprint density at radius 3 is 2.31 bits per heavy atom. The largest absolute Gasteiger partial charge is 0.293 e. The van der Waals surface area contributed by atoms with Gasteiger partial charge in [0.05, 0.1) is 4.90 Å². The van der Waals surface area contributed by atoms with Gasteiger partial charge in [-0.25, -0.2) is 14.3 Å². The minimum absolute atomic E-state index is 0.0896. The van der Waals surface area contributed by atoms with Gasteiger partial charge in [-0.15, -0.1) is 0 Å². The summed E-state index contributed by atoms with van der Waals surface area (Å²) in [4.78, 5) is 11.3. The van der Waals surface area contributed by atoms with Gasteiger partial charge in [0.2, 0.25) is 0 Å². The van der Waals surface area contributed by atoms with Crippen molar-refractivity contribution in [3.8, 4) is 0 Å². The Hall–Kier alpha value is -0.920. The first-order chi connectivity index (χ1) is 7.39. The third kappa shape index (κ3) is 2.60. The van der Waals surface area contributed by atoms with E-state index in [0.29, 0.717) is 0 Å². The fraction of sp³-hybridized carbons (Fsp3) is 0.222. The lowest BCUT2D eigenvalue weighted by Gasteiger charge is -2.11. The van der Waals surface area contributed by atoms with E-state index in [9.17, 15) is 13.2 Å². The summed E-state index contributed by atoms with van der Waals surface area (Å²) in [6.07, 6.45) is 0. The van der Waals surface area contributed by atoms with Crippen LogP contribution in [0.15, 0.2) is 33.6 Å². The number of carbonyl (C=O) groups excluding carboxylic acids is 1. The highest BCUT2D eigenvalue weighted by atomic mass is 79.9. The molecule has 0 bridgehead atoms. The van der Waals surface area contributed by atoms with Crippen LogP contribution in [0.4, 0.5) is 0 Å². The summed E-state index contributed by atoms with van der Waals surface area (Å²) in [7, 11) is -3.68. The van der Waals surface area contributed by atoms with Crippen molar-refractivity contribution >= 4 is 31.7 Å². The maximum atomic E-state index is 11.9. The topological polar surface area (TPSA) is 89.3 Å². The minimum Gasteiger partial charge on any atom is -0.293 e. The molecule has 0 spiro atoms. The lowest BCUT2D eigenvalue weighted by Crippen LogP contribution is -2.41. The van der Waals surface area contributed by atoms with E-state index < -0.39 is 21.0 Å². The Morgan fingerprint density at radius 2 is 1.88 bits per heavy atom. The molecule has 1 rings (SSSR count). The average Bonchev–Trinajstić information content (AvgIpc) is 2.27. The molecule has 0 unspecified atom stereocenters. The van der Waals surface area contributed by atoms with Crippen LogP contribution in [0.1, 0.15) is 6.92 Å². The van der Waals surface area contributed by atoms with Crippen molar-refractivity contribution in [3.63, 3.8) is 0 Å². The van der Waals surface area contributed by atoms with Crippen molar-refractivity contribution < 1.29 is 13.2 Å². The number of nitrogens with two attached hydrogens (primary N) is 1. The molecule has 1 aromatic rings. The highest BCUT2D eigenvalue weighted by Crippen LogP contribution is 2.19. The lowest BCUT2D eigenvalue weighted by molar-refractivity contribution is -0.120. The summed E-state index contributed by atoms with van der Waals surface area (Å²) in [6, 6.07) is 6.05. The summed E-state index contributed by atoms with van der Waals surface area (Å²) < 4.78 is 24.6. The van der Waals surface area contributed by atoms with E-state index in [1.54, 1.807) is 12.1 Å². The molecule has 3 N–H and O–H groups in total. The molecule has 0 radical (unpaired) electrons. The lowest BCUT2D eigenvalue weighted by atomic mass is 10.4. The standard InChI is InChI=1S/C9H11BrN2O3S/c1-6(9(13)12-11)16(14,15)8-4-2-7(10)3-5-8/h2-6H,11H2,1H3,(H,12,13)/t6-/m0/s1. The van der Waals surface area contributed by atoms with E-state index in [1.807, 2.05) is 5.43 Å². The zero-order valence-corrected chi connectivity index (χ0v) is 10.9.